The number of rotatable bonds is 4. The SMILES string of the molecule is CN(Cc1cccc2cccnc12)C(=O)c1ccccc1-n1cncn1. The van der Waals surface area contributed by atoms with Crippen molar-refractivity contribution in [3.05, 3.63) is 84.6 Å². The Kier molecular flexibility index (Phi) is 4.15. The van der Waals surface area contributed by atoms with Crippen molar-refractivity contribution >= 4 is 16.8 Å². The highest BCUT2D eigenvalue weighted by molar-refractivity contribution is 5.97. The molecule has 2 aromatic carbocycles. The number of nitrogens with zero attached hydrogens (tertiary/aromatic N) is 5. The minimum atomic E-state index is -0.0796. The van der Waals surface area contributed by atoms with Gasteiger partial charge in [-0.25, -0.2) is 9.67 Å². The molecule has 0 atom stereocenters. The molecule has 1 amide bonds. The van der Waals surface area contributed by atoms with Crippen LogP contribution in [-0.4, -0.2) is 37.6 Å². The molecule has 4 aromatic rings. The lowest BCUT2D eigenvalue weighted by Gasteiger charge is -2.19. The van der Waals surface area contributed by atoms with Gasteiger partial charge in [0.05, 0.1) is 16.8 Å². The molecule has 0 saturated heterocycles. The fourth-order valence-electron chi connectivity index (χ4n) is 3.01. The number of fused-ring (bicyclic) bond motifs is 1. The Morgan fingerprint density at radius 1 is 1.08 bits per heavy atom. The summed E-state index contributed by atoms with van der Waals surface area (Å²) in [5.41, 5.74) is 3.21. The van der Waals surface area contributed by atoms with E-state index in [-0.39, 0.29) is 5.91 Å². The molecule has 4 rings (SSSR count). The number of amides is 1. The molecular weight excluding hydrogens is 326 g/mol. The predicted molar refractivity (Wildman–Crippen MR) is 98.9 cm³/mol. The highest BCUT2D eigenvalue weighted by atomic mass is 16.2. The van der Waals surface area contributed by atoms with Crippen LogP contribution in [0, 0.1) is 0 Å². The molecule has 0 aliphatic rings. The lowest BCUT2D eigenvalue weighted by atomic mass is 10.1. The van der Waals surface area contributed by atoms with Crippen molar-refractivity contribution in [1.82, 2.24) is 24.6 Å². The van der Waals surface area contributed by atoms with Crippen LogP contribution in [0.25, 0.3) is 16.6 Å². The van der Waals surface area contributed by atoms with Crippen LogP contribution in [0.3, 0.4) is 0 Å². The van der Waals surface area contributed by atoms with Crippen molar-refractivity contribution in [1.29, 1.82) is 0 Å². The van der Waals surface area contributed by atoms with E-state index in [0.29, 0.717) is 17.8 Å². The van der Waals surface area contributed by atoms with Crippen LogP contribution in [0.5, 0.6) is 0 Å². The number of aromatic nitrogens is 4. The summed E-state index contributed by atoms with van der Waals surface area (Å²) in [4.78, 5) is 23.2. The van der Waals surface area contributed by atoms with E-state index in [0.717, 1.165) is 16.5 Å². The van der Waals surface area contributed by atoms with Gasteiger partial charge in [0.25, 0.3) is 5.91 Å². The lowest BCUT2D eigenvalue weighted by molar-refractivity contribution is 0.0785. The van der Waals surface area contributed by atoms with Crippen molar-refractivity contribution in [3.63, 3.8) is 0 Å². The molecule has 0 aliphatic heterocycles. The smallest absolute Gasteiger partial charge is 0.256 e. The number of hydrogen-bond donors (Lipinski definition) is 0. The van der Waals surface area contributed by atoms with E-state index in [1.165, 1.54) is 6.33 Å². The molecule has 0 fully saturated rings. The number of hydrogen-bond acceptors (Lipinski definition) is 4. The zero-order valence-corrected chi connectivity index (χ0v) is 14.3. The summed E-state index contributed by atoms with van der Waals surface area (Å²) < 4.78 is 1.60. The van der Waals surface area contributed by atoms with E-state index in [1.807, 2.05) is 48.5 Å². The fraction of sp³-hybridized carbons (Fsp3) is 0.100. The maximum absolute atomic E-state index is 13.0. The zero-order chi connectivity index (χ0) is 17.9. The average molecular weight is 343 g/mol. The summed E-state index contributed by atoms with van der Waals surface area (Å²) in [7, 11) is 1.79. The molecule has 0 unspecified atom stereocenters. The molecule has 26 heavy (non-hydrogen) atoms. The molecule has 2 aromatic heterocycles. The van der Waals surface area contributed by atoms with Crippen LogP contribution in [0.2, 0.25) is 0 Å². The molecule has 0 bridgehead atoms. The maximum atomic E-state index is 13.0. The van der Waals surface area contributed by atoms with Gasteiger partial charge in [-0.15, -0.1) is 0 Å². The Bertz CT molecular complexity index is 1050. The Balaban J connectivity index is 1.65. The quantitative estimate of drug-likeness (QED) is 0.571. The summed E-state index contributed by atoms with van der Waals surface area (Å²) in [6.45, 7) is 0.471. The van der Waals surface area contributed by atoms with Gasteiger partial charge in [0.2, 0.25) is 0 Å². The minimum absolute atomic E-state index is 0.0796. The Morgan fingerprint density at radius 3 is 2.77 bits per heavy atom. The van der Waals surface area contributed by atoms with Gasteiger partial charge in [-0.05, 0) is 23.8 Å². The summed E-state index contributed by atoms with van der Waals surface area (Å²) in [5.74, 6) is -0.0796. The number of pyridine rings is 1. The van der Waals surface area contributed by atoms with E-state index >= 15 is 0 Å². The standard InChI is InChI=1S/C20H17N5O/c1-24(12-16-7-4-6-15-8-5-11-22-19(15)16)20(26)17-9-2-3-10-18(17)25-14-21-13-23-25/h2-11,13-14H,12H2,1H3. The van der Waals surface area contributed by atoms with Crippen LogP contribution in [0.1, 0.15) is 15.9 Å². The summed E-state index contributed by atoms with van der Waals surface area (Å²) in [6.07, 6.45) is 4.81. The third-order valence-corrected chi connectivity index (χ3v) is 4.27. The highest BCUT2D eigenvalue weighted by Crippen LogP contribution is 2.20. The van der Waals surface area contributed by atoms with Gasteiger partial charge < -0.3 is 4.90 Å². The molecule has 2 heterocycles. The van der Waals surface area contributed by atoms with Gasteiger partial charge in [0.15, 0.2) is 0 Å². The first-order chi connectivity index (χ1) is 12.7. The number of carbonyl (C=O) groups is 1. The van der Waals surface area contributed by atoms with Gasteiger partial charge >= 0.3 is 0 Å². The first-order valence-corrected chi connectivity index (χ1v) is 8.26. The molecule has 0 saturated carbocycles. The molecule has 6 nitrogen and oxygen atoms in total. The monoisotopic (exact) mass is 343 g/mol. The number of benzene rings is 2. The van der Waals surface area contributed by atoms with Crippen LogP contribution in [0.15, 0.2) is 73.4 Å². The number of para-hydroxylation sites is 2. The first-order valence-electron chi connectivity index (χ1n) is 8.26. The van der Waals surface area contributed by atoms with Crippen molar-refractivity contribution in [2.75, 3.05) is 7.05 Å². The van der Waals surface area contributed by atoms with Crippen molar-refractivity contribution in [2.24, 2.45) is 0 Å². The molecular formula is C20H17N5O. The van der Waals surface area contributed by atoms with E-state index in [9.17, 15) is 4.79 Å². The third-order valence-electron chi connectivity index (χ3n) is 4.27. The van der Waals surface area contributed by atoms with Gasteiger partial charge in [0.1, 0.15) is 12.7 Å². The minimum Gasteiger partial charge on any atom is -0.337 e. The topological polar surface area (TPSA) is 63.9 Å². The highest BCUT2D eigenvalue weighted by Gasteiger charge is 2.18. The average Bonchev–Trinajstić information content (AvgIpc) is 3.22. The third kappa shape index (κ3) is 2.93. The molecule has 0 aliphatic carbocycles. The first kappa shape index (κ1) is 16.0. The second kappa shape index (κ2) is 6.76. The molecule has 0 N–H and O–H groups in total. The summed E-state index contributed by atoms with van der Waals surface area (Å²) >= 11 is 0. The zero-order valence-electron chi connectivity index (χ0n) is 14.3. The molecule has 128 valence electrons. The van der Waals surface area contributed by atoms with Gasteiger partial charge in [-0.3, -0.25) is 9.78 Å². The van der Waals surface area contributed by atoms with Crippen molar-refractivity contribution in [3.8, 4) is 5.69 Å². The predicted octanol–water partition coefficient (Wildman–Crippen LogP) is 3.09. The van der Waals surface area contributed by atoms with Crippen LogP contribution in [0.4, 0.5) is 0 Å². The second-order valence-electron chi connectivity index (χ2n) is 6.01. The van der Waals surface area contributed by atoms with E-state index in [4.69, 9.17) is 0 Å². The summed E-state index contributed by atoms with van der Waals surface area (Å²) in [6, 6.07) is 17.3. The van der Waals surface area contributed by atoms with Gasteiger partial charge in [-0.2, -0.15) is 5.10 Å². The second-order valence-corrected chi connectivity index (χ2v) is 6.01. The van der Waals surface area contributed by atoms with E-state index in [1.54, 1.807) is 35.2 Å². The van der Waals surface area contributed by atoms with Crippen LogP contribution < -0.4 is 0 Å². The maximum Gasteiger partial charge on any atom is 0.256 e. The fourth-order valence-corrected chi connectivity index (χ4v) is 3.01. The van der Waals surface area contributed by atoms with E-state index < -0.39 is 0 Å². The molecule has 0 spiro atoms. The largest absolute Gasteiger partial charge is 0.337 e. The number of carbonyl (C=O) groups excluding carboxylic acids is 1. The normalized spacial score (nSPS) is 10.8. The summed E-state index contributed by atoms with van der Waals surface area (Å²) in [5, 5.41) is 5.20. The van der Waals surface area contributed by atoms with Crippen molar-refractivity contribution < 1.29 is 4.79 Å². The van der Waals surface area contributed by atoms with Gasteiger partial charge in [0, 0.05) is 25.2 Å². The Labute approximate surface area is 150 Å². The molecule has 6 heteroatoms. The van der Waals surface area contributed by atoms with Crippen LogP contribution >= 0.6 is 0 Å². The van der Waals surface area contributed by atoms with Gasteiger partial charge in [-0.1, -0.05) is 36.4 Å². The Morgan fingerprint density at radius 2 is 1.92 bits per heavy atom. The van der Waals surface area contributed by atoms with Crippen LogP contribution in [-0.2, 0) is 6.54 Å². The Hall–Kier alpha value is -3.54. The van der Waals surface area contributed by atoms with E-state index in [2.05, 4.69) is 15.1 Å². The molecule has 0 radical (unpaired) electrons. The van der Waals surface area contributed by atoms with Crippen molar-refractivity contribution in [2.45, 2.75) is 6.54 Å². The lowest BCUT2D eigenvalue weighted by Crippen LogP contribution is -2.27.